The molecule has 0 saturated heterocycles. The van der Waals surface area contributed by atoms with Crippen LogP contribution in [0.4, 0.5) is 0 Å². The number of methoxy groups -OCH3 is 1. The van der Waals surface area contributed by atoms with Crippen LogP contribution in [-0.2, 0) is 18.2 Å². The van der Waals surface area contributed by atoms with E-state index in [9.17, 15) is 4.79 Å². The number of aryl methyl sites for hydroxylation is 1. The second-order valence-corrected chi connectivity index (χ2v) is 5.14. The number of fused-ring (bicyclic) bond motifs is 1. The Hall–Kier alpha value is -1.92. The minimum Gasteiger partial charge on any atom is -0.491 e. The lowest BCUT2D eigenvalue weighted by atomic mass is 10.0. The smallest absolute Gasteiger partial charge is 0.293 e. The molecule has 2 aromatic heterocycles. The van der Waals surface area contributed by atoms with Crippen molar-refractivity contribution in [2.75, 3.05) is 20.3 Å². The largest absolute Gasteiger partial charge is 0.491 e. The van der Waals surface area contributed by atoms with E-state index in [1.54, 1.807) is 13.2 Å². The highest BCUT2D eigenvalue weighted by Gasteiger charge is 2.20. The van der Waals surface area contributed by atoms with Crippen LogP contribution in [0.15, 0.2) is 22.6 Å². The molecular formula is C14H14ClN3O3. The summed E-state index contributed by atoms with van der Waals surface area (Å²) in [5.41, 5.74) is 2.85. The molecule has 21 heavy (non-hydrogen) atoms. The highest BCUT2D eigenvalue weighted by Crippen LogP contribution is 2.26. The van der Waals surface area contributed by atoms with Crippen molar-refractivity contribution < 1.29 is 9.47 Å². The van der Waals surface area contributed by atoms with E-state index in [1.807, 2.05) is 6.08 Å². The Morgan fingerprint density at radius 3 is 3.00 bits per heavy atom. The lowest BCUT2D eigenvalue weighted by molar-refractivity contribution is 0.207. The third-order valence-electron chi connectivity index (χ3n) is 3.55. The molecular weight excluding hydrogens is 294 g/mol. The molecule has 0 aromatic carbocycles. The number of aromatic nitrogens is 3. The molecule has 0 aliphatic carbocycles. The average molecular weight is 308 g/mol. The first-order chi connectivity index (χ1) is 10.1. The molecule has 0 fully saturated rings. The van der Waals surface area contributed by atoms with Crippen molar-refractivity contribution in [2.45, 2.75) is 6.42 Å². The Morgan fingerprint density at radius 2 is 2.33 bits per heavy atom. The van der Waals surface area contributed by atoms with Crippen LogP contribution in [-0.4, -0.2) is 34.9 Å². The molecule has 0 atom stereocenters. The minimum absolute atomic E-state index is 0.140. The van der Waals surface area contributed by atoms with Crippen LogP contribution < -0.4 is 10.3 Å². The van der Waals surface area contributed by atoms with Crippen LogP contribution >= 0.6 is 11.6 Å². The van der Waals surface area contributed by atoms with Crippen LogP contribution in [0.5, 0.6) is 5.75 Å². The maximum Gasteiger partial charge on any atom is 0.293 e. The van der Waals surface area contributed by atoms with Gasteiger partial charge in [0.25, 0.3) is 5.56 Å². The van der Waals surface area contributed by atoms with E-state index >= 15 is 0 Å². The van der Waals surface area contributed by atoms with Crippen LogP contribution in [0, 0.1) is 0 Å². The van der Waals surface area contributed by atoms with Crippen LogP contribution in [0.2, 0.25) is 5.28 Å². The van der Waals surface area contributed by atoms with E-state index in [-0.39, 0.29) is 16.6 Å². The number of hydrogen-bond donors (Lipinski definition) is 0. The Kier molecular flexibility index (Phi) is 3.65. The summed E-state index contributed by atoms with van der Waals surface area (Å²) in [7, 11) is 3.14. The maximum absolute atomic E-state index is 12.4. The molecule has 0 bridgehead atoms. The molecule has 6 nitrogen and oxygen atoms in total. The molecule has 1 aliphatic rings. The van der Waals surface area contributed by atoms with Crippen molar-refractivity contribution in [2.24, 2.45) is 7.05 Å². The second-order valence-electron chi connectivity index (χ2n) is 4.80. The molecule has 7 heteroatoms. The monoisotopic (exact) mass is 307 g/mol. The van der Waals surface area contributed by atoms with Gasteiger partial charge in [0, 0.05) is 19.0 Å². The molecule has 0 N–H and O–H groups in total. The quantitative estimate of drug-likeness (QED) is 0.635. The predicted molar refractivity (Wildman–Crippen MR) is 78.9 cm³/mol. The van der Waals surface area contributed by atoms with E-state index < -0.39 is 0 Å². The average Bonchev–Trinajstić information content (AvgIpc) is 2.98. The van der Waals surface area contributed by atoms with Crippen molar-refractivity contribution in [3.8, 4) is 5.75 Å². The molecule has 110 valence electrons. The Balaban J connectivity index is 2.30. The summed E-state index contributed by atoms with van der Waals surface area (Å²) in [5.74, 6) is 0.285. The maximum atomic E-state index is 12.4. The number of hydrogen-bond acceptors (Lipinski definition) is 5. The van der Waals surface area contributed by atoms with Crippen LogP contribution in [0.3, 0.4) is 0 Å². The summed E-state index contributed by atoms with van der Waals surface area (Å²) in [6.45, 7) is 1.15. The summed E-state index contributed by atoms with van der Waals surface area (Å²) in [4.78, 5) is 20.6. The zero-order chi connectivity index (χ0) is 15.0. The second kappa shape index (κ2) is 5.46. The molecule has 1 aliphatic heterocycles. The van der Waals surface area contributed by atoms with E-state index in [4.69, 9.17) is 21.1 Å². The van der Waals surface area contributed by atoms with Gasteiger partial charge in [0.05, 0.1) is 37.6 Å². The van der Waals surface area contributed by atoms with Gasteiger partial charge in [0.1, 0.15) is 0 Å². The fraction of sp³-hybridized carbons (Fsp3) is 0.357. The van der Waals surface area contributed by atoms with Gasteiger partial charge in [-0.2, -0.15) is 0 Å². The van der Waals surface area contributed by atoms with Crippen molar-refractivity contribution in [1.29, 1.82) is 0 Å². The lowest BCUT2D eigenvalue weighted by Gasteiger charge is -2.14. The van der Waals surface area contributed by atoms with E-state index in [2.05, 4.69) is 9.97 Å². The van der Waals surface area contributed by atoms with Gasteiger partial charge in [-0.15, -0.1) is 0 Å². The van der Waals surface area contributed by atoms with Crippen molar-refractivity contribution in [3.63, 3.8) is 0 Å². The topological polar surface area (TPSA) is 66.2 Å². The normalized spacial score (nSPS) is 14.5. The molecule has 0 amide bonds. The van der Waals surface area contributed by atoms with Crippen LogP contribution in [0.25, 0.3) is 11.0 Å². The van der Waals surface area contributed by atoms with Crippen molar-refractivity contribution >= 4 is 22.6 Å². The van der Waals surface area contributed by atoms with E-state index in [0.29, 0.717) is 30.7 Å². The van der Waals surface area contributed by atoms with Gasteiger partial charge in [-0.1, -0.05) is 6.08 Å². The summed E-state index contributed by atoms with van der Waals surface area (Å²) >= 11 is 5.91. The standard InChI is InChI=1S/C14H14ClN3O3/c1-18-10-6-16-14(15)17-11(10)9(12(20-2)13(18)19)5-8-3-4-21-7-8/h3,6H,4-5,7H2,1-2H3. The summed E-state index contributed by atoms with van der Waals surface area (Å²) in [6, 6.07) is 0. The summed E-state index contributed by atoms with van der Waals surface area (Å²) < 4.78 is 12.1. The first-order valence-corrected chi connectivity index (χ1v) is 6.83. The SMILES string of the molecule is COc1c(CC2=CCOC2)c2nc(Cl)ncc2n(C)c1=O. The van der Waals surface area contributed by atoms with Gasteiger partial charge in [0.2, 0.25) is 5.28 Å². The first-order valence-electron chi connectivity index (χ1n) is 6.45. The molecule has 0 unspecified atom stereocenters. The number of ether oxygens (including phenoxy) is 2. The third kappa shape index (κ3) is 2.41. The Bertz CT molecular complexity index is 798. The van der Waals surface area contributed by atoms with Gasteiger partial charge in [-0.25, -0.2) is 9.97 Å². The van der Waals surface area contributed by atoms with Crippen LogP contribution in [0.1, 0.15) is 5.56 Å². The number of nitrogens with zero attached hydrogens (tertiary/aromatic N) is 3. The molecule has 0 saturated carbocycles. The lowest BCUT2D eigenvalue weighted by Crippen LogP contribution is -2.22. The fourth-order valence-electron chi connectivity index (χ4n) is 2.47. The van der Waals surface area contributed by atoms with Gasteiger partial charge in [0.15, 0.2) is 5.75 Å². The van der Waals surface area contributed by atoms with Crippen molar-refractivity contribution in [3.05, 3.63) is 39.0 Å². The van der Waals surface area contributed by atoms with Gasteiger partial charge in [-0.05, 0) is 17.2 Å². The fourth-order valence-corrected chi connectivity index (χ4v) is 2.60. The van der Waals surface area contributed by atoms with Gasteiger partial charge < -0.3 is 14.0 Å². The van der Waals surface area contributed by atoms with Crippen molar-refractivity contribution in [1.82, 2.24) is 14.5 Å². The van der Waals surface area contributed by atoms with E-state index in [0.717, 1.165) is 11.1 Å². The van der Waals surface area contributed by atoms with Gasteiger partial charge >= 0.3 is 0 Å². The highest BCUT2D eigenvalue weighted by molar-refractivity contribution is 6.28. The summed E-state index contributed by atoms with van der Waals surface area (Å²) in [5, 5.41) is 0.140. The number of rotatable bonds is 3. The highest BCUT2D eigenvalue weighted by atomic mass is 35.5. The zero-order valence-electron chi connectivity index (χ0n) is 11.7. The predicted octanol–water partition coefficient (Wildman–Crippen LogP) is 1.49. The minimum atomic E-state index is -0.217. The van der Waals surface area contributed by atoms with E-state index in [1.165, 1.54) is 11.7 Å². The number of pyridine rings is 1. The molecule has 0 spiro atoms. The first kappa shape index (κ1) is 14.0. The molecule has 0 radical (unpaired) electrons. The number of halogens is 1. The molecule has 3 rings (SSSR count). The Labute approximate surface area is 126 Å². The zero-order valence-corrected chi connectivity index (χ0v) is 12.5. The van der Waals surface area contributed by atoms with Gasteiger partial charge in [-0.3, -0.25) is 4.79 Å². The molecule has 2 aromatic rings. The Morgan fingerprint density at radius 1 is 1.52 bits per heavy atom. The third-order valence-corrected chi connectivity index (χ3v) is 3.73. The molecule has 3 heterocycles. The summed E-state index contributed by atoms with van der Waals surface area (Å²) in [6.07, 6.45) is 4.10.